The smallest absolute Gasteiger partial charge is 0.337 e. The summed E-state index contributed by atoms with van der Waals surface area (Å²) in [6.45, 7) is 0. The number of esters is 1. The lowest BCUT2D eigenvalue weighted by molar-refractivity contribution is 0.0601. The highest BCUT2D eigenvalue weighted by Crippen LogP contribution is 2.31. The first kappa shape index (κ1) is 12.7. The number of ether oxygens (including phenoxy) is 1. The van der Waals surface area contributed by atoms with E-state index in [1.165, 1.54) is 23.8 Å². The average molecular weight is 264 g/mol. The van der Waals surface area contributed by atoms with Gasteiger partial charge in [-0.25, -0.2) is 4.79 Å². The molecule has 0 atom stereocenters. The molecule has 0 saturated carbocycles. The van der Waals surface area contributed by atoms with E-state index in [1.807, 2.05) is 24.3 Å². The predicted molar refractivity (Wildman–Crippen MR) is 79.6 cm³/mol. The van der Waals surface area contributed by atoms with Crippen LogP contribution in [0.2, 0.25) is 0 Å². The van der Waals surface area contributed by atoms with Crippen molar-refractivity contribution in [3.05, 3.63) is 76.9 Å². The fourth-order valence-electron chi connectivity index (χ4n) is 2.66. The van der Waals surface area contributed by atoms with Crippen LogP contribution in [0.15, 0.2) is 54.6 Å². The molecule has 0 N–H and O–H groups in total. The highest BCUT2D eigenvalue weighted by Gasteiger charge is 2.14. The Balaban J connectivity index is 1.97. The third-order valence-corrected chi connectivity index (χ3v) is 3.69. The van der Waals surface area contributed by atoms with Crippen LogP contribution in [-0.4, -0.2) is 13.1 Å². The van der Waals surface area contributed by atoms with Gasteiger partial charge in [-0.05, 0) is 47.2 Å². The van der Waals surface area contributed by atoms with Crippen LogP contribution in [0.4, 0.5) is 0 Å². The number of allylic oxidation sites excluding steroid dienone is 1. The molecular formula is C18H16O2. The van der Waals surface area contributed by atoms with Crippen LogP contribution in [0.5, 0.6) is 0 Å². The monoisotopic (exact) mass is 264 g/mol. The van der Waals surface area contributed by atoms with Gasteiger partial charge in [-0.2, -0.15) is 0 Å². The number of benzene rings is 2. The molecule has 2 aromatic carbocycles. The number of rotatable bonds is 2. The van der Waals surface area contributed by atoms with Gasteiger partial charge in [0.1, 0.15) is 0 Å². The first-order chi connectivity index (χ1) is 9.79. The van der Waals surface area contributed by atoms with Crippen molar-refractivity contribution in [2.45, 2.75) is 12.8 Å². The molecule has 0 heterocycles. The summed E-state index contributed by atoms with van der Waals surface area (Å²) in [4.78, 5) is 11.5. The molecule has 0 aromatic heterocycles. The third-order valence-electron chi connectivity index (χ3n) is 3.69. The molecule has 3 rings (SSSR count). The van der Waals surface area contributed by atoms with E-state index in [-0.39, 0.29) is 5.97 Å². The van der Waals surface area contributed by atoms with Gasteiger partial charge in [0, 0.05) is 0 Å². The standard InChI is InChI=1S/C18H16O2/c1-20-18(19)15-11-9-14(10-12-15)17-8-4-6-13-5-2-3-7-16(13)17/h2-3,5,7-12H,4,6H2,1H3. The van der Waals surface area contributed by atoms with Gasteiger partial charge in [-0.1, -0.05) is 42.5 Å². The number of carbonyl (C=O) groups is 1. The highest BCUT2D eigenvalue weighted by atomic mass is 16.5. The summed E-state index contributed by atoms with van der Waals surface area (Å²) in [6, 6.07) is 16.1. The lowest BCUT2D eigenvalue weighted by Crippen LogP contribution is -2.03. The van der Waals surface area contributed by atoms with Gasteiger partial charge >= 0.3 is 5.97 Å². The number of hydrogen-bond donors (Lipinski definition) is 0. The number of methoxy groups -OCH3 is 1. The van der Waals surface area contributed by atoms with E-state index in [9.17, 15) is 4.79 Å². The van der Waals surface area contributed by atoms with Crippen LogP contribution in [-0.2, 0) is 11.2 Å². The molecule has 2 heteroatoms. The SMILES string of the molecule is COC(=O)c1ccc(C2=CCCc3ccccc32)cc1. The first-order valence-corrected chi connectivity index (χ1v) is 6.77. The molecule has 1 aliphatic rings. The summed E-state index contributed by atoms with van der Waals surface area (Å²) < 4.78 is 4.72. The minimum absolute atomic E-state index is 0.297. The van der Waals surface area contributed by atoms with Crippen LogP contribution in [0.1, 0.15) is 33.5 Å². The molecule has 0 unspecified atom stereocenters. The van der Waals surface area contributed by atoms with E-state index in [0.717, 1.165) is 18.4 Å². The van der Waals surface area contributed by atoms with E-state index in [4.69, 9.17) is 4.74 Å². The minimum atomic E-state index is -0.297. The van der Waals surface area contributed by atoms with Gasteiger partial charge in [0.2, 0.25) is 0 Å². The number of hydrogen-bond acceptors (Lipinski definition) is 2. The molecule has 2 nitrogen and oxygen atoms in total. The fraction of sp³-hybridized carbons (Fsp3) is 0.167. The number of aryl methyl sites for hydroxylation is 1. The van der Waals surface area contributed by atoms with Gasteiger partial charge in [-0.15, -0.1) is 0 Å². The maximum Gasteiger partial charge on any atom is 0.337 e. The van der Waals surface area contributed by atoms with Crippen LogP contribution < -0.4 is 0 Å². The average Bonchev–Trinajstić information content (AvgIpc) is 2.54. The van der Waals surface area contributed by atoms with Crippen molar-refractivity contribution in [2.75, 3.05) is 7.11 Å². The molecule has 0 spiro atoms. The molecule has 100 valence electrons. The topological polar surface area (TPSA) is 26.3 Å². The largest absolute Gasteiger partial charge is 0.465 e. The van der Waals surface area contributed by atoms with Gasteiger partial charge in [0.05, 0.1) is 12.7 Å². The van der Waals surface area contributed by atoms with Gasteiger partial charge < -0.3 is 4.74 Å². The lowest BCUT2D eigenvalue weighted by Gasteiger charge is -2.18. The van der Waals surface area contributed by atoms with Crippen molar-refractivity contribution < 1.29 is 9.53 Å². The first-order valence-electron chi connectivity index (χ1n) is 6.77. The summed E-state index contributed by atoms with van der Waals surface area (Å²) in [7, 11) is 1.40. The second-order valence-corrected chi connectivity index (χ2v) is 4.88. The predicted octanol–water partition coefficient (Wildman–Crippen LogP) is 3.85. The van der Waals surface area contributed by atoms with Crippen molar-refractivity contribution in [1.82, 2.24) is 0 Å². The third kappa shape index (κ3) is 2.25. The van der Waals surface area contributed by atoms with E-state index in [1.54, 1.807) is 0 Å². The normalized spacial score (nSPS) is 13.3. The molecule has 0 amide bonds. The Bertz CT molecular complexity index is 666. The number of carbonyl (C=O) groups excluding carboxylic acids is 1. The van der Waals surface area contributed by atoms with Gasteiger partial charge in [0.15, 0.2) is 0 Å². The Morgan fingerprint density at radius 3 is 2.55 bits per heavy atom. The van der Waals surface area contributed by atoms with Crippen LogP contribution in [0.25, 0.3) is 5.57 Å². The molecule has 0 bridgehead atoms. The minimum Gasteiger partial charge on any atom is -0.465 e. The van der Waals surface area contributed by atoms with E-state index in [2.05, 4.69) is 30.3 Å². The Morgan fingerprint density at radius 1 is 1.05 bits per heavy atom. The van der Waals surface area contributed by atoms with Crippen molar-refractivity contribution in [2.24, 2.45) is 0 Å². The fourth-order valence-corrected chi connectivity index (χ4v) is 2.66. The van der Waals surface area contributed by atoms with E-state index >= 15 is 0 Å². The van der Waals surface area contributed by atoms with Crippen LogP contribution in [0.3, 0.4) is 0 Å². The summed E-state index contributed by atoms with van der Waals surface area (Å²) in [5.74, 6) is -0.297. The van der Waals surface area contributed by atoms with Crippen molar-refractivity contribution >= 4 is 11.5 Å². The zero-order chi connectivity index (χ0) is 13.9. The molecule has 0 fully saturated rings. The van der Waals surface area contributed by atoms with E-state index < -0.39 is 0 Å². The van der Waals surface area contributed by atoms with Crippen molar-refractivity contribution in [3.63, 3.8) is 0 Å². The molecule has 0 radical (unpaired) electrons. The molecule has 0 saturated heterocycles. The van der Waals surface area contributed by atoms with Crippen molar-refractivity contribution in [3.8, 4) is 0 Å². The molecule has 2 aromatic rings. The second kappa shape index (κ2) is 5.33. The quantitative estimate of drug-likeness (QED) is 0.770. The molecule has 20 heavy (non-hydrogen) atoms. The number of fused-ring (bicyclic) bond motifs is 1. The summed E-state index contributed by atoms with van der Waals surface area (Å²) in [5, 5.41) is 0. The van der Waals surface area contributed by atoms with Crippen molar-refractivity contribution in [1.29, 1.82) is 0 Å². The summed E-state index contributed by atoms with van der Waals surface area (Å²) in [6.07, 6.45) is 4.43. The Labute approximate surface area is 118 Å². The Hall–Kier alpha value is -2.35. The lowest BCUT2D eigenvalue weighted by atomic mass is 9.87. The van der Waals surface area contributed by atoms with Gasteiger partial charge in [0.25, 0.3) is 0 Å². The van der Waals surface area contributed by atoms with Gasteiger partial charge in [-0.3, -0.25) is 0 Å². The molecule has 0 aliphatic heterocycles. The maximum atomic E-state index is 11.5. The van der Waals surface area contributed by atoms with Crippen LogP contribution in [0, 0.1) is 0 Å². The summed E-state index contributed by atoms with van der Waals surface area (Å²) in [5.41, 5.74) is 5.67. The zero-order valence-corrected chi connectivity index (χ0v) is 11.4. The molecular weight excluding hydrogens is 248 g/mol. The molecule has 1 aliphatic carbocycles. The zero-order valence-electron chi connectivity index (χ0n) is 11.4. The Kier molecular flexibility index (Phi) is 3.38. The maximum absolute atomic E-state index is 11.5. The second-order valence-electron chi connectivity index (χ2n) is 4.88. The van der Waals surface area contributed by atoms with Crippen LogP contribution >= 0.6 is 0 Å². The summed E-state index contributed by atoms with van der Waals surface area (Å²) >= 11 is 0. The van der Waals surface area contributed by atoms with E-state index in [0.29, 0.717) is 5.56 Å². The highest BCUT2D eigenvalue weighted by molar-refractivity contribution is 5.90. The Morgan fingerprint density at radius 2 is 1.80 bits per heavy atom.